The Morgan fingerprint density at radius 3 is 2.66 bits per heavy atom. The van der Waals surface area contributed by atoms with Crippen LogP contribution in [0.4, 0.5) is 0 Å². The number of hydrogen-bond donors (Lipinski definition) is 0. The van der Waals surface area contributed by atoms with E-state index in [1.807, 2.05) is 29.3 Å². The van der Waals surface area contributed by atoms with Gasteiger partial charge in [0, 0.05) is 44.3 Å². The molecule has 0 spiro atoms. The van der Waals surface area contributed by atoms with Crippen LogP contribution >= 0.6 is 11.3 Å². The van der Waals surface area contributed by atoms with Gasteiger partial charge in [-0.3, -0.25) is 9.69 Å². The van der Waals surface area contributed by atoms with Crippen LogP contribution < -0.4 is 0 Å². The molecule has 0 aliphatic carbocycles. The summed E-state index contributed by atoms with van der Waals surface area (Å²) >= 11 is 1.52. The number of hydrogen-bond acceptors (Lipinski definition) is 6. The second kappa shape index (κ2) is 8.52. The molecule has 4 aromatic heterocycles. The molecule has 0 saturated carbocycles. The van der Waals surface area contributed by atoms with Gasteiger partial charge in [-0.25, -0.2) is 9.97 Å². The molecule has 0 bridgehead atoms. The van der Waals surface area contributed by atoms with E-state index in [1.165, 1.54) is 22.6 Å². The van der Waals surface area contributed by atoms with Crippen LogP contribution in [0.3, 0.4) is 0 Å². The molecular formula is C24H27N5O2S. The number of furan rings is 1. The number of pyridine rings is 1. The van der Waals surface area contributed by atoms with E-state index >= 15 is 0 Å². The van der Waals surface area contributed by atoms with Gasteiger partial charge < -0.3 is 13.7 Å². The summed E-state index contributed by atoms with van der Waals surface area (Å²) in [4.78, 5) is 26.5. The van der Waals surface area contributed by atoms with Gasteiger partial charge in [-0.2, -0.15) is 0 Å². The Bertz CT molecular complexity index is 1260. The lowest BCUT2D eigenvalue weighted by molar-refractivity contribution is -0.132. The topological polar surface area (TPSA) is 66.9 Å². The largest absolute Gasteiger partial charge is 0.459 e. The van der Waals surface area contributed by atoms with E-state index in [0.29, 0.717) is 6.42 Å². The van der Waals surface area contributed by atoms with Crippen LogP contribution in [0.25, 0.3) is 16.4 Å². The normalized spacial score (nSPS) is 15.0. The molecule has 1 amide bonds. The van der Waals surface area contributed by atoms with Gasteiger partial charge in [-0.15, -0.1) is 11.3 Å². The Morgan fingerprint density at radius 1 is 1.09 bits per heavy atom. The summed E-state index contributed by atoms with van der Waals surface area (Å²) < 4.78 is 7.82. The van der Waals surface area contributed by atoms with Crippen molar-refractivity contribution in [1.82, 2.24) is 24.2 Å². The van der Waals surface area contributed by atoms with Crippen molar-refractivity contribution < 1.29 is 9.21 Å². The highest BCUT2D eigenvalue weighted by Crippen LogP contribution is 2.26. The molecule has 0 aromatic carbocycles. The predicted octanol–water partition coefficient (Wildman–Crippen LogP) is 3.86. The number of carbonyl (C=O) groups is 1. The molecule has 166 valence electrons. The Balaban J connectivity index is 1.18. The molecule has 5 rings (SSSR count). The predicted molar refractivity (Wildman–Crippen MR) is 125 cm³/mol. The highest BCUT2D eigenvalue weighted by Gasteiger charge is 2.23. The molecule has 5 heterocycles. The van der Waals surface area contributed by atoms with Crippen LogP contribution in [-0.2, 0) is 17.8 Å². The molecule has 0 atom stereocenters. The number of fused-ring (bicyclic) bond motifs is 1. The van der Waals surface area contributed by atoms with Gasteiger partial charge in [-0.1, -0.05) is 0 Å². The fourth-order valence-corrected chi connectivity index (χ4v) is 4.97. The summed E-state index contributed by atoms with van der Waals surface area (Å²) in [5.41, 5.74) is 5.32. The first kappa shape index (κ1) is 20.9. The van der Waals surface area contributed by atoms with E-state index in [1.54, 1.807) is 0 Å². The van der Waals surface area contributed by atoms with Gasteiger partial charge in [0.05, 0.1) is 23.5 Å². The van der Waals surface area contributed by atoms with Crippen molar-refractivity contribution in [1.29, 1.82) is 0 Å². The number of carbonyl (C=O) groups excluding carboxylic acids is 1. The van der Waals surface area contributed by atoms with E-state index in [-0.39, 0.29) is 5.91 Å². The van der Waals surface area contributed by atoms with E-state index in [0.717, 1.165) is 66.3 Å². The molecule has 0 N–H and O–H groups in total. The van der Waals surface area contributed by atoms with Crippen molar-refractivity contribution in [2.45, 2.75) is 33.7 Å². The van der Waals surface area contributed by atoms with Crippen molar-refractivity contribution in [3.05, 3.63) is 64.2 Å². The quantitative estimate of drug-likeness (QED) is 0.463. The average Bonchev–Trinajstić information content (AvgIpc) is 3.48. The third-order valence-electron chi connectivity index (χ3n) is 6.01. The Morgan fingerprint density at radius 2 is 1.91 bits per heavy atom. The zero-order valence-electron chi connectivity index (χ0n) is 18.7. The van der Waals surface area contributed by atoms with Gasteiger partial charge in [-0.05, 0) is 50.6 Å². The molecule has 8 heteroatoms. The Hall–Kier alpha value is -2.97. The fourth-order valence-electron chi connectivity index (χ4n) is 4.19. The molecule has 1 saturated heterocycles. The Labute approximate surface area is 191 Å². The van der Waals surface area contributed by atoms with Gasteiger partial charge in [0.25, 0.3) is 0 Å². The molecule has 1 aliphatic rings. The van der Waals surface area contributed by atoms with Crippen LogP contribution in [0.5, 0.6) is 0 Å². The highest BCUT2D eigenvalue weighted by molar-refractivity contribution is 7.13. The zero-order valence-corrected chi connectivity index (χ0v) is 19.5. The second-order valence-electron chi connectivity index (χ2n) is 8.46. The summed E-state index contributed by atoms with van der Waals surface area (Å²) in [7, 11) is 0. The number of imidazole rings is 1. The number of amides is 1. The van der Waals surface area contributed by atoms with Crippen molar-refractivity contribution >= 4 is 22.9 Å². The number of aryl methyl sites for hydroxylation is 3. The molecule has 0 unspecified atom stereocenters. The number of aromatic nitrogens is 3. The van der Waals surface area contributed by atoms with Crippen LogP contribution in [0.1, 0.15) is 28.4 Å². The average molecular weight is 450 g/mol. The third kappa shape index (κ3) is 4.20. The fraction of sp³-hybridized carbons (Fsp3) is 0.375. The lowest BCUT2D eigenvalue weighted by atomic mass is 10.2. The summed E-state index contributed by atoms with van der Waals surface area (Å²) in [5, 5.41) is 2.78. The molecule has 1 aliphatic heterocycles. The summed E-state index contributed by atoms with van der Waals surface area (Å²) in [5.74, 6) is 1.76. The van der Waals surface area contributed by atoms with Crippen LogP contribution in [0.2, 0.25) is 0 Å². The third-order valence-corrected chi connectivity index (χ3v) is 6.92. The van der Waals surface area contributed by atoms with Gasteiger partial charge in [0.15, 0.2) is 10.8 Å². The van der Waals surface area contributed by atoms with Gasteiger partial charge in [0.1, 0.15) is 11.4 Å². The number of thiazole rings is 1. The number of rotatable bonds is 5. The second-order valence-corrected chi connectivity index (χ2v) is 9.32. The monoisotopic (exact) mass is 449 g/mol. The number of nitrogens with zero attached hydrogens (tertiary/aromatic N) is 5. The number of piperazine rings is 1. The minimum Gasteiger partial charge on any atom is -0.459 e. The maximum absolute atomic E-state index is 12.8. The highest BCUT2D eigenvalue weighted by atomic mass is 32.1. The summed E-state index contributed by atoms with van der Waals surface area (Å²) in [6.07, 6.45) is 2.44. The van der Waals surface area contributed by atoms with Crippen molar-refractivity contribution in [3.8, 4) is 10.8 Å². The van der Waals surface area contributed by atoms with Gasteiger partial charge >= 0.3 is 0 Å². The lowest BCUT2D eigenvalue weighted by Crippen LogP contribution is -2.48. The maximum Gasteiger partial charge on any atom is 0.228 e. The Kier molecular flexibility index (Phi) is 5.57. The van der Waals surface area contributed by atoms with E-state index in [4.69, 9.17) is 9.40 Å². The minimum absolute atomic E-state index is 0.138. The molecule has 32 heavy (non-hydrogen) atoms. The maximum atomic E-state index is 12.8. The lowest BCUT2D eigenvalue weighted by Gasteiger charge is -2.34. The first-order chi connectivity index (χ1) is 15.5. The van der Waals surface area contributed by atoms with E-state index in [2.05, 4.69) is 46.5 Å². The van der Waals surface area contributed by atoms with E-state index < -0.39 is 0 Å². The first-order valence-electron chi connectivity index (χ1n) is 10.9. The SMILES string of the molecule is Cc1ccn2c(CN3CCN(C(=O)Cc4csc(-c5ccc(C)o5)n4)CC3)c(C)nc2c1. The molecule has 1 fully saturated rings. The minimum atomic E-state index is 0.138. The van der Waals surface area contributed by atoms with Gasteiger partial charge in [0.2, 0.25) is 5.91 Å². The van der Waals surface area contributed by atoms with Crippen molar-refractivity contribution in [2.24, 2.45) is 0 Å². The van der Waals surface area contributed by atoms with Crippen LogP contribution in [0.15, 0.2) is 40.3 Å². The smallest absolute Gasteiger partial charge is 0.228 e. The van der Waals surface area contributed by atoms with Crippen LogP contribution in [0, 0.1) is 20.8 Å². The van der Waals surface area contributed by atoms with Crippen molar-refractivity contribution in [3.63, 3.8) is 0 Å². The molecule has 7 nitrogen and oxygen atoms in total. The van der Waals surface area contributed by atoms with Crippen molar-refractivity contribution in [2.75, 3.05) is 26.2 Å². The summed E-state index contributed by atoms with van der Waals surface area (Å²) in [6.45, 7) is 10.1. The standard InChI is InChI=1S/C24H27N5O2S/c1-16-6-7-29-20(18(3)25-22(29)12-16)14-27-8-10-28(11-9-27)23(30)13-19-15-32-24(26-19)21-5-4-17(2)31-21/h4-7,12,15H,8-11,13-14H2,1-3H3. The summed E-state index contributed by atoms with van der Waals surface area (Å²) in [6, 6.07) is 8.08. The van der Waals surface area contributed by atoms with Crippen LogP contribution in [-0.4, -0.2) is 56.3 Å². The van der Waals surface area contributed by atoms with E-state index in [9.17, 15) is 4.79 Å². The zero-order chi connectivity index (χ0) is 22.2. The molecule has 4 aromatic rings. The molecular weight excluding hydrogens is 422 g/mol. The molecule has 0 radical (unpaired) electrons. The first-order valence-corrected chi connectivity index (χ1v) is 11.8.